The van der Waals surface area contributed by atoms with E-state index in [1.165, 1.54) is 11.3 Å². The molecule has 2 heterocycles. The van der Waals surface area contributed by atoms with Crippen LogP contribution >= 0.6 is 11.3 Å². The van der Waals surface area contributed by atoms with Crippen molar-refractivity contribution in [2.45, 2.75) is 58.4 Å². The zero-order chi connectivity index (χ0) is 21.2. The third-order valence-electron chi connectivity index (χ3n) is 5.52. The molecule has 2 fully saturated rings. The lowest BCUT2D eigenvalue weighted by atomic mass is 9.64. The summed E-state index contributed by atoms with van der Waals surface area (Å²) in [6, 6.07) is 3.04. The number of thiophene rings is 1. The zero-order valence-electron chi connectivity index (χ0n) is 17.2. The number of nitrogens with zero attached hydrogens (tertiary/aromatic N) is 1. The van der Waals surface area contributed by atoms with Gasteiger partial charge >= 0.3 is 12.0 Å². The minimum atomic E-state index is -0.925. The Morgan fingerprint density at radius 1 is 1.31 bits per heavy atom. The number of urea groups is 1. The van der Waals surface area contributed by atoms with E-state index in [1.54, 1.807) is 6.07 Å². The first-order valence-corrected chi connectivity index (χ1v) is 10.9. The molecule has 0 unspecified atom stereocenters. The Morgan fingerprint density at radius 3 is 2.72 bits per heavy atom. The van der Waals surface area contributed by atoms with E-state index in [2.05, 4.69) is 26.1 Å². The molecule has 1 aliphatic heterocycles. The van der Waals surface area contributed by atoms with Crippen LogP contribution in [0.5, 0.6) is 0 Å². The maximum atomic E-state index is 13.0. The second kappa shape index (κ2) is 8.26. The summed E-state index contributed by atoms with van der Waals surface area (Å²) in [7, 11) is 0. The Hall–Kier alpha value is -2.22. The number of amides is 3. The van der Waals surface area contributed by atoms with Crippen molar-refractivity contribution in [2.24, 2.45) is 11.3 Å². The van der Waals surface area contributed by atoms with Crippen LogP contribution in [0.15, 0.2) is 17.5 Å². The van der Waals surface area contributed by atoms with Crippen molar-refractivity contribution in [3.63, 3.8) is 0 Å². The Labute approximate surface area is 174 Å². The number of nitrogens with one attached hydrogen (secondary N) is 1. The summed E-state index contributed by atoms with van der Waals surface area (Å²) in [5, 5.41) is 4.68. The van der Waals surface area contributed by atoms with Crippen LogP contribution in [-0.2, 0) is 14.3 Å². The molecule has 1 spiro atoms. The molecule has 3 amide bonds. The molecular weight excluding hydrogens is 392 g/mol. The summed E-state index contributed by atoms with van der Waals surface area (Å²) in [5.74, 6) is -0.666. The van der Waals surface area contributed by atoms with E-state index in [0.29, 0.717) is 30.1 Å². The SMILES string of the molecule is C[C@H]1CC(C)(C)C[C@@]2(C1)NC(=O)N(CC(=O)OCCCC(=O)c1cccs1)C2=O. The molecule has 0 bridgehead atoms. The third-order valence-corrected chi connectivity index (χ3v) is 6.43. The molecule has 8 heteroatoms. The van der Waals surface area contributed by atoms with Gasteiger partial charge in [-0.2, -0.15) is 0 Å². The van der Waals surface area contributed by atoms with Crippen LogP contribution in [0.25, 0.3) is 0 Å². The lowest BCUT2D eigenvalue weighted by Crippen LogP contribution is -2.54. The number of Topliss-reactive ketones (excluding diaryl/α,β-unsaturated/α-hetero) is 1. The Balaban J connectivity index is 1.49. The van der Waals surface area contributed by atoms with Crippen molar-refractivity contribution >= 4 is 35.0 Å². The normalized spacial score (nSPS) is 25.9. The number of rotatable bonds is 7. The molecule has 0 aromatic carbocycles. The predicted molar refractivity (Wildman–Crippen MR) is 109 cm³/mol. The van der Waals surface area contributed by atoms with Crippen molar-refractivity contribution < 1.29 is 23.9 Å². The summed E-state index contributed by atoms with van der Waals surface area (Å²) >= 11 is 1.38. The van der Waals surface area contributed by atoms with Gasteiger partial charge in [0.05, 0.1) is 11.5 Å². The first-order chi connectivity index (χ1) is 13.6. The Morgan fingerprint density at radius 2 is 2.07 bits per heavy atom. The van der Waals surface area contributed by atoms with E-state index in [1.807, 2.05) is 11.4 Å². The van der Waals surface area contributed by atoms with Gasteiger partial charge in [-0.25, -0.2) is 4.79 Å². The molecule has 1 aromatic rings. The summed E-state index contributed by atoms with van der Waals surface area (Å²) in [4.78, 5) is 51.1. The van der Waals surface area contributed by atoms with Gasteiger partial charge in [-0.3, -0.25) is 19.3 Å². The molecule has 7 nitrogen and oxygen atoms in total. The number of imide groups is 1. The van der Waals surface area contributed by atoms with Crippen molar-refractivity contribution in [1.82, 2.24) is 10.2 Å². The van der Waals surface area contributed by atoms with Gasteiger partial charge in [0.15, 0.2) is 5.78 Å². The average molecular weight is 421 g/mol. The fraction of sp³-hybridized carbons (Fsp3) is 0.619. The second-order valence-electron chi connectivity index (χ2n) is 8.98. The molecule has 1 saturated carbocycles. The molecule has 2 atom stereocenters. The van der Waals surface area contributed by atoms with E-state index < -0.39 is 24.1 Å². The molecule has 3 rings (SSSR count). The van der Waals surface area contributed by atoms with Gasteiger partial charge in [0, 0.05) is 6.42 Å². The number of carbonyl (C=O) groups is 4. The van der Waals surface area contributed by atoms with Crippen molar-refractivity contribution in [1.29, 1.82) is 0 Å². The van der Waals surface area contributed by atoms with E-state index >= 15 is 0 Å². The third kappa shape index (κ3) is 4.86. The van der Waals surface area contributed by atoms with Gasteiger partial charge in [-0.15, -0.1) is 11.3 Å². The second-order valence-corrected chi connectivity index (χ2v) is 9.93. The van der Waals surface area contributed by atoms with Crippen LogP contribution in [-0.4, -0.2) is 47.3 Å². The van der Waals surface area contributed by atoms with Crippen LogP contribution < -0.4 is 5.32 Å². The maximum Gasteiger partial charge on any atom is 0.326 e. The smallest absolute Gasteiger partial charge is 0.326 e. The largest absolute Gasteiger partial charge is 0.464 e. The highest BCUT2D eigenvalue weighted by Crippen LogP contribution is 2.46. The molecular formula is C21H28N2O5S. The van der Waals surface area contributed by atoms with Gasteiger partial charge in [-0.05, 0) is 48.5 Å². The molecule has 158 valence electrons. The van der Waals surface area contributed by atoms with Gasteiger partial charge in [0.2, 0.25) is 0 Å². The molecule has 1 aliphatic carbocycles. The maximum absolute atomic E-state index is 13.0. The van der Waals surface area contributed by atoms with Crippen LogP contribution in [0.2, 0.25) is 0 Å². The molecule has 2 aliphatic rings. The van der Waals surface area contributed by atoms with E-state index in [0.717, 1.165) is 11.3 Å². The molecule has 1 N–H and O–H groups in total. The fourth-order valence-electron chi connectivity index (χ4n) is 4.80. The minimum absolute atomic E-state index is 0.0149. The van der Waals surface area contributed by atoms with Crippen LogP contribution in [0.3, 0.4) is 0 Å². The highest BCUT2D eigenvalue weighted by atomic mass is 32.1. The summed E-state index contributed by atoms with van der Waals surface area (Å²) in [6.07, 6.45) is 2.82. The van der Waals surface area contributed by atoms with Crippen LogP contribution in [0, 0.1) is 11.3 Å². The van der Waals surface area contributed by atoms with Crippen LogP contribution in [0.4, 0.5) is 4.79 Å². The predicted octanol–water partition coefficient (Wildman–Crippen LogP) is 3.39. The fourth-order valence-corrected chi connectivity index (χ4v) is 5.50. The standard InChI is InChI=1S/C21H28N2O5S/c1-14-10-20(2,3)13-21(11-14)18(26)23(19(27)22-21)12-17(25)28-8-4-6-15(24)16-7-5-9-29-16/h5,7,9,14H,4,6,8,10-13H2,1-3H3,(H,22,27)/t14-,21+/m0/s1. The van der Waals surface area contributed by atoms with Gasteiger partial charge < -0.3 is 10.1 Å². The van der Waals surface area contributed by atoms with Crippen molar-refractivity contribution in [2.75, 3.05) is 13.2 Å². The molecule has 29 heavy (non-hydrogen) atoms. The number of ketones is 1. The number of hydrogen-bond donors (Lipinski definition) is 1. The van der Waals surface area contributed by atoms with E-state index in [4.69, 9.17) is 4.74 Å². The number of carbonyl (C=O) groups excluding carboxylic acids is 4. The number of esters is 1. The summed E-state index contributed by atoms with van der Waals surface area (Å²) in [6.45, 7) is 5.95. The van der Waals surface area contributed by atoms with Crippen molar-refractivity contribution in [3.05, 3.63) is 22.4 Å². The lowest BCUT2D eigenvalue weighted by molar-refractivity contribution is -0.148. The lowest BCUT2D eigenvalue weighted by Gasteiger charge is -2.43. The molecule has 0 radical (unpaired) electrons. The average Bonchev–Trinajstić information content (AvgIpc) is 3.21. The zero-order valence-corrected chi connectivity index (χ0v) is 18.0. The minimum Gasteiger partial charge on any atom is -0.464 e. The molecule has 1 aromatic heterocycles. The quantitative estimate of drug-likeness (QED) is 0.316. The first kappa shape index (κ1) is 21.5. The van der Waals surface area contributed by atoms with Gasteiger partial charge in [0.1, 0.15) is 12.1 Å². The summed E-state index contributed by atoms with van der Waals surface area (Å²) < 4.78 is 5.14. The highest BCUT2D eigenvalue weighted by Gasteiger charge is 2.56. The first-order valence-electron chi connectivity index (χ1n) is 9.98. The van der Waals surface area contributed by atoms with Gasteiger partial charge in [0.25, 0.3) is 5.91 Å². The number of ether oxygens (including phenoxy) is 1. The van der Waals surface area contributed by atoms with Gasteiger partial charge in [-0.1, -0.05) is 26.8 Å². The molecule has 1 saturated heterocycles. The monoisotopic (exact) mass is 420 g/mol. The topological polar surface area (TPSA) is 92.8 Å². The van der Waals surface area contributed by atoms with E-state index in [-0.39, 0.29) is 30.1 Å². The number of hydrogen-bond acceptors (Lipinski definition) is 6. The van der Waals surface area contributed by atoms with E-state index in [9.17, 15) is 19.2 Å². The van der Waals surface area contributed by atoms with Crippen LogP contribution in [0.1, 0.15) is 62.5 Å². The Kier molecular flexibility index (Phi) is 6.12. The Bertz CT molecular complexity index is 804. The highest BCUT2D eigenvalue weighted by molar-refractivity contribution is 7.12. The summed E-state index contributed by atoms with van der Waals surface area (Å²) in [5.41, 5.74) is -0.988. The van der Waals surface area contributed by atoms with Crippen molar-refractivity contribution in [3.8, 4) is 0 Å².